The largest absolute Gasteiger partial charge is 0.465 e. The molecule has 2 N–H and O–H groups in total. The van der Waals surface area contributed by atoms with Crippen molar-refractivity contribution >= 4 is 33.5 Å². The second kappa shape index (κ2) is 9.14. The maximum Gasteiger partial charge on any atom is 0.404 e. The minimum Gasteiger partial charge on any atom is -0.465 e. The Morgan fingerprint density at radius 2 is 1.94 bits per heavy atom. The number of aromatic nitrogens is 2. The molecule has 1 aliphatic carbocycles. The lowest BCUT2D eigenvalue weighted by molar-refractivity contribution is -0.126. The molecule has 0 radical (unpaired) electrons. The second-order valence-electron chi connectivity index (χ2n) is 10.2. The second-order valence-corrected chi connectivity index (χ2v) is 11.4. The lowest BCUT2D eigenvalue weighted by atomic mass is 9.85. The van der Waals surface area contributed by atoms with Gasteiger partial charge in [-0.2, -0.15) is 13.2 Å². The minimum atomic E-state index is -4.23. The third kappa shape index (κ3) is 5.25. The molecule has 11 heteroatoms. The Kier molecular flexibility index (Phi) is 6.34. The van der Waals surface area contributed by atoms with Crippen LogP contribution in [0.5, 0.6) is 0 Å². The SMILES string of the molecule is O=C(O)N[C@H]1CC[C@@H](CN2CCC3(CCN(c4ncnc5sc(CC(F)(F)F)cc45)C3)C2)CC1. The van der Waals surface area contributed by atoms with Crippen LogP contribution in [0.2, 0.25) is 0 Å². The maximum atomic E-state index is 12.9. The number of rotatable bonds is 5. The van der Waals surface area contributed by atoms with Gasteiger partial charge in [0.2, 0.25) is 0 Å². The van der Waals surface area contributed by atoms with Crippen molar-refractivity contribution in [2.75, 3.05) is 37.6 Å². The molecule has 2 saturated heterocycles. The van der Waals surface area contributed by atoms with Crippen LogP contribution in [-0.4, -0.2) is 71.0 Å². The zero-order valence-corrected chi connectivity index (χ0v) is 19.8. The summed E-state index contributed by atoms with van der Waals surface area (Å²) in [6.07, 6.45) is 1.47. The summed E-state index contributed by atoms with van der Waals surface area (Å²) in [6, 6.07) is 1.70. The third-order valence-corrected chi connectivity index (χ3v) is 8.72. The molecule has 3 aliphatic rings. The van der Waals surface area contributed by atoms with Crippen LogP contribution < -0.4 is 10.2 Å². The van der Waals surface area contributed by atoms with Gasteiger partial charge < -0.3 is 20.2 Å². The van der Waals surface area contributed by atoms with E-state index in [1.807, 2.05) is 0 Å². The minimum absolute atomic E-state index is 0.0838. The molecule has 7 nitrogen and oxygen atoms in total. The molecule has 5 rings (SSSR count). The average molecular weight is 498 g/mol. The van der Waals surface area contributed by atoms with Crippen molar-refractivity contribution in [3.8, 4) is 0 Å². The van der Waals surface area contributed by atoms with Crippen molar-refractivity contribution < 1.29 is 23.1 Å². The molecule has 2 aliphatic heterocycles. The first-order valence-corrected chi connectivity index (χ1v) is 12.8. The van der Waals surface area contributed by atoms with Crippen LogP contribution in [-0.2, 0) is 6.42 Å². The lowest BCUT2D eigenvalue weighted by Gasteiger charge is -2.32. The molecule has 2 aromatic rings. The fourth-order valence-electron chi connectivity index (χ4n) is 6.09. The van der Waals surface area contributed by atoms with Crippen LogP contribution in [0.1, 0.15) is 43.4 Å². The number of carbonyl (C=O) groups is 1. The van der Waals surface area contributed by atoms with Crippen molar-refractivity contribution in [2.24, 2.45) is 11.3 Å². The molecular weight excluding hydrogens is 467 g/mol. The molecule has 1 saturated carbocycles. The van der Waals surface area contributed by atoms with Crippen LogP contribution in [0.3, 0.4) is 0 Å². The van der Waals surface area contributed by atoms with E-state index in [0.717, 1.165) is 93.8 Å². The third-order valence-electron chi connectivity index (χ3n) is 7.68. The van der Waals surface area contributed by atoms with E-state index in [9.17, 15) is 18.0 Å². The highest BCUT2D eigenvalue weighted by molar-refractivity contribution is 7.18. The summed E-state index contributed by atoms with van der Waals surface area (Å²) in [5.41, 5.74) is 0.199. The number of fused-ring (bicyclic) bond motifs is 1. The Morgan fingerprint density at radius 1 is 1.18 bits per heavy atom. The summed E-state index contributed by atoms with van der Waals surface area (Å²) in [5, 5.41) is 12.3. The summed E-state index contributed by atoms with van der Waals surface area (Å²) < 4.78 is 38.6. The number of carboxylic acid groups (broad SMARTS) is 1. The quantitative estimate of drug-likeness (QED) is 0.632. The van der Waals surface area contributed by atoms with Gasteiger partial charge in [-0.1, -0.05) is 0 Å². The van der Waals surface area contributed by atoms with Crippen LogP contribution in [0.25, 0.3) is 10.2 Å². The summed E-state index contributed by atoms with van der Waals surface area (Å²) in [7, 11) is 0. The predicted octanol–water partition coefficient (Wildman–Crippen LogP) is 4.52. The molecule has 2 aromatic heterocycles. The topological polar surface area (TPSA) is 81.6 Å². The Bertz CT molecular complexity index is 1040. The van der Waals surface area contributed by atoms with Gasteiger partial charge in [0.1, 0.15) is 17.0 Å². The van der Waals surface area contributed by atoms with E-state index in [1.54, 1.807) is 6.07 Å². The number of nitrogens with one attached hydrogen (secondary N) is 1. The van der Waals surface area contributed by atoms with Gasteiger partial charge in [-0.05, 0) is 57.1 Å². The highest BCUT2D eigenvalue weighted by atomic mass is 32.1. The first-order valence-electron chi connectivity index (χ1n) is 11.9. The zero-order chi connectivity index (χ0) is 23.9. The van der Waals surface area contributed by atoms with E-state index < -0.39 is 18.7 Å². The van der Waals surface area contributed by atoms with E-state index in [1.165, 1.54) is 6.33 Å². The number of nitrogens with zero attached hydrogens (tertiary/aromatic N) is 4. The first-order chi connectivity index (χ1) is 16.2. The van der Waals surface area contributed by atoms with Gasteiger partial charge >= 0.3 is 12.3 Å². The van der Waals surface area contributed by atoms with Crippen molar-refractivity contribution in [1.29, 1.82) is 0 Å². The van der Waals surface area contributed by atoms with Gasteiger partial charge in [0.15, 0.2) is 0 Å². The van der Waals surface area contributed by atoms with E-state index in [2.05, 4.69) is 25.1 Å². The smallest absolute Gasteiger partial charge is 0.404 e. The molecule has 1 atom stereocenters. The Morgan fingerprint density at radius 3 is 2.68 bits per heavy atom. The number of likely N-dealkylation sites (tertiary alicyclic amines) is 1. The highest BCUT2D eigenvalue weighted by Crippen LogP contribution is 2.43. The van der Waals surface area contributed by atoms with Crippen molar-refractivity contribution in [3.63, 3.8) is 0 Å². The first kappa shape index (κ1) is 23.6. The molecule has 4 heterocycles. The Balaban J connectivity index is 1.19. The molecule has 0 bridgehead atoms. The maximum absolute atomic E-state index is 12.9. The Hall–Kier alpha value is -2.14. The van der Waals surface area contributed by atoms with Crippen LogP contribution in [0.4, 0.5) is 23.8 Å². The molecular formula is C23H30F3N5O2S. The molecule has 3 fully saturated rings. The fourth-order valence-corrected chi connectivity index (χ4v) is 7.11. The molecule has 34 heavy (non-hydrogen) atoms. The summed E-state index contributed by atoms with van der Waals surface area (Å²) in [6.45, 7) is 4.89. The van der Waals surface area contributed by atoms with Crippen LogP contribution >= 0.6 is 11.3 Å². The normalized spacial score (nSPS) is 28.3. The number of alkyl halides is 3. The van der Waals surface area contributed by atoms with Gasteiger partial charge in [0.05, 0.1) is 11.8 Å². The highest BCUT2D eigenvalue weighted by Gasteiger charge is 2.44. The van der Waals surface area contributed by atoms with Gasteiger partial charge in [-0.3, -0.25) is 0 Å². The van der Waals surface area contributed by atoms with Gasteiger partial charge in [0, 0.05) is 42.5 Å². The molecule has 1 amide bonds. The van der Waals surface area contributed by atoms with E-state index >= 15 is 0 Å². The fraction of sp³-hybridized carbons (Fsp3) is 0.696. The lowest BCUT2D eigenvalue weighted by Crippen LogP contribution is -2.39. The van der Waals surface area contributed by atoms with Gasteiger partial charge in [-0.25, -0.2) is 14.8 Å². The van der Waals surface area contributed by atoms with Gasteiger partial charge in [0.25, 0.3) is 0 Å². The van der Waals surface area contributed by atoms with Crippen molar-refractivity contribution in [2.45, 2.75) is 57.2 Å². The van der Waals surface area contributed by atoms with Crippen LogP contribution in [0.15, 0.2) is 12.4 Å². The van der Waals surface area contributed by atoms with Crippen molar-refractivity contribution in [1.82, 2.24) is 20.2 Å². The predicted molar refractivity (Wildman–Crippen MR) is 124 cm³/mol. The monoisotopic (exact) mass is 497 g/mol. The number of anilines is 1. The number of thiophene rings is 1. The molecule has 0 aromatic carbocycles. The zero-order valence-electron chi connectivity index (χ0n) is 19.0. The molecule has 1 spiro atoms. The number of halogens is 3. The number of hydrogen-bond donors (Lipinski definition) is 2. The standard InChI is InChI=1S/C23H30F3N5O2S/c24-23(25,26)10-17-9-18-19(27-14-28-20(18)34-17)31-8-6-22(13-31)5-7-30(12-22)11-15-1-3-16(4-2-15)29-21(32)33/h9,14-16,29H,1-8,10-13H2,(H,32,33)/t15-,16+,22?. The van der Waals surface area contributed by atoms with Crippen LogP contribution in [0, 0.1) is 11.3 Å². The van der Waals surface area contributed by atoms with Gasteiger partial charge in [-0.15, -0.1) is 11.3 Å². The molecule has 1 unspecified atom stereocenters. The van der Waals surface area contributed by atoms with E-state index in [0.29, 0.717) is 10.7 Å². The number of hydrogen-bond acceptors (Lipinski definition) is 6. The average Bonchev–Trinajstić information content (AvgIpc) is 3.46. The van der Waals surface area contributed by atoms with E-state index in [4.69, 9.17) is 5.11 Å². The summed E-state index contributed by atoms with van der Waals surface area (Å²) >= 11 is 1.10. The van der Waals surface area contributed by atoms with E-state index in [-0.39, 0.29) is 16.3 Å². The summed E-state index contributed by atoms with van der Waals surface area (Å²) in [5.74, 6) is 1.37. The molecule has 186 valence electrons. The van der Waals surface area contributed by atoms with Crippen molar-refractivity contribution in [3.05, 3.63) is 17.3 Å². The Labute approximate surface area is 200 Å². The summed E-state index contributed by atoms with van der Waals surface area (Å²) in [4.78, 5) is 25.2. The number of amides is 1.